The molecule has 0 atom stereocenters. The van der Waals surface area contributed by atoms with E-state index in [1.165, 1.54) is 107 Å². The smallest absolute Gasteiger partial charge is 0.0556 e. The van der Waals surface area contributed by atoms with Crippen molar-refractivity contribution in [1.82, 2.24) is 9.13 Å². The van der Waals surface area contributed by atoms with Crippen LogP contribution >= 0.6 is 11.3 Å². The van der Waals surface area contributed by atoms with Gasteiger partial charge in [0, 0.05) is 86.6 Å². The molecule has 81 heavy (non-hydrogen) atoms. The van der Waals surface area contributed by atoms with Gasteiger partial charge in [0.1, 0.15) is 0 Å². The lowest BCUT2D eigenvalue weighted by molar-refractivity contribution is 1.20. The Hall–Kier alpha value is -10.5. The molecule has 0 N–H and O–H groups in total. The van der Waals surface area contributed by atoms with Crippen LogP contribution in [-0.2, 0) is 0 Å². The summed E-state index contributed by atoms with van der Waals surface area (Å²) in [6.45, 7) is 0. The molecule has 0 aliphatic carbocycles. The molecule has 378 valence electrons. The summed E-state index contributed by atoms with van der Waals surface area (Å²) in [6, 6.07) is 107. The van der Waals surface area contributed by atoms with Crippen molar-refractivity contribution >= 4 is 152 Å². The van der Waals surface area contributed by atoms with Gasteiger partial charge in [0.2, 0.25) is 0 Å². The fourth-order valence-corrected chi connectivity index (χ4v) is 14.7. The van der Waals surface area contributed by atoms with Crippen LogP contribution < -0.4 is 9.80 Å². The molecule has 0 aliphatic heterocycles. The Morgan fingerprint density at radius 3 is 0.926 bits per heavy atom. The van der Waals surface area contributed by atoms with Crippen LogP contribution in [0.3, 0.4) is 0 Å². The average molecular weight is 1050 g/mol. The van der Waals surface area contributed by atoms with Gasteiger partial charge < -0.3 is 18.9 Å². The van der Waals surface area contributed by atoms with Gasteiger partial charge in [-0.15, -0.1) is 11.3 Å². The third kappa shape index (κ3) is 6.96. The summed E-state index contributed by atoms with van der Waals surface area (Å²) in [7, 11) is 0. The molecule has 0 bridgehead atoms. The summed E-state index contributed by atoms with van der Waals surface area (Å²) in [4.78, 5) is 4.78. The molecule has 0 spiro atoms. The third-order valence-corrected chi connectivity index (χ3v) is 18.0. The second-order valence-electron chi connectivity index (χ2n) is 21.2. The van der Waals surface area contributed by atoms with Gasteiger partial charge in [-0.1, -0.05) is 182 Å². The van der Waals surface area contributed by atoms with E-state index in [1.54, 1.807) is 0 Å². The van der Waals surface area contributed by atoms with Gasteiger partial charge in [-0.05, 0) is 142 Å². The van der Waals surface area contributed by atoms with E-state index in [-0.39, 0.29) is 0 Å². The molecule has 0 saturated heterocycles. The summed E-state index contributed by atoms with van der Waals surface area (Å²) in [6.07, 6.45) is 0. The van der Waals surface area contributed by atoms with Crippen molar-refractivity contribution in [2.75, 3.05) is 9.80 Å². The second kappa shape index (κ2) is 18.0. The fourth-order valence-electron chi connectivity index (χ4n) is 13.3. The van der Waals surface area contributed by atoms with Crippen LogP contribution in [-0.4, -0.2) is 9.13 Å². The van der Waals surface area contributed by atoms with Crippen LogP contribution in [0, 0.1) is 0 Å². The van der Waals surface area contributed by atoms with Crippen LogP contribution in [0.5, 0.6) is 0 Å². The van der Waals surface area contributed by atoms with E-state index in [9.17, 15) is 0 Å². The summed E-state index contributed by atoms with van der Waals surface area (Å²) < 4.78 is 7.64. The number of anilines is 6. The lowest BCUT2D eigenvalue weighted by Crippen LogP contribution is -2.09. The molecule has 14 aromatic carbocycles. The number of aromatic nitrogens is 2. The second-order valence-corrected chi connectivity index (χ2v) is 22.2. The maximum Gasteiger partial charge on any atom is 0.0556 e. The fraction of sp³-hybridized carbons (Fsp3) is 0. The first-order valence-corrected chi connectivity index (χ1v) is 28.6. The number of rotatable bonds is 8. The summed E-state index contributed by atoms with van der Waals surface area (Å²) >= 11 is 1.94. The molecule has 4 nitrogen and oxygen atoms in total. The molecule has 0 fully saturated rings. The minimum Gasteiger partial charge on any atom is -0.310 e. The Bertz CT molecular complexity index is 4940. The number of hydrogen-bond acceptors (Lipinski definition) is 3. The van der Waals surface area contributed by atoms with E-state index in [4.69, 9.17) is 0 Å². The highest BCUT2D eigenvalue weighted by molar-refractivity contribution is 7.27. The molecule has 0 unspecified atom stereocenters. The quantitative estimate of drug-likeness (QED) is 0.141. The first-order chi connectivity index (χ1) is 40.2. The molecule has 0 amide bonds. The predicted octanol–water partition coefficient (Wildman–Crippen LogP) is 21.8. The molecule has 5 heteroatoms. The van der Waals surface area contributed by atoms with Crippen LogP contribution in [0.1, 0.15) is 0 Å². The first-order valence-electron chi connectivity index (χ1n) is 27.7. The number of hydrogen-bond donors (Lipinski definition) is 0. The number of fused-ring (bicyclic) bond motifs is 17. The molecule has 0 saturated carbocycles. The Labute approximate surface area is 471 Å². The van der Waals surface area contributed by atoms with E-state index < -0.39 is 0 Å². The lowest BCUT2D eigenvalue weighted by atomic mass is 10.00. The highest BCUT2D eigenvalue weighted by atomic mass is 32.1. The van der Waals surface area contributed by atoms with Crippen molar-refractivity contribution < 1.29 is 0 Å². The van der Waals surface area contributed by atoms with Crippen molar-refractivity contribution in [1.29, 1.82) is 0 Å². The maximum atomic E-state index is 2.54. The van der Waals surface area contributed by atoms with E-state index in [1.807, 2.05) is 11.3 Å². The van der Waals surface area contributed by atoms with Gasteiger partial charge in [0.15, 0.2) is 0 Å². The predicted molar refractivity (Wildman–Crippen MR) is 347 cm³/mol. The van der Waals surface area contributed by atoms with E-state index in [0.29, 0.717) is 0 Å². The molecule has 17 aromatic rings. The normalized spacial score (nSPS) is 12.0. The van der Waals surface area contributed by atoms with E-state index in [2.05, 4.69) is 310 Å². The largest absolute Gasteiger partial charge is 0.310 e. The highest BCUT2D eigenvalue weighted by Gasteiger charge is 2.26. The van der Waals surface area contributed by atoms with Crippen LogP contribution in [0.15, 0.2) is 291 Å². The molecular weight excluding hydrogens is 1000 g/mol. The Morgan fingerprint density at radius 2 is 0.543 bits per heavy atom. The van der Waals surface area contributed by atoms with Crippen LogP contribution in [0.2, 0.25) is 0 Å². The van der Waals surface area contributed by atoms with Crippen molar-refractivity contribution in [3.63, 3.8) is 0 Å². The summed E-state index contributed by atoms with van der Waals surface area (Å²) in [5.74, 6) is 0. The Balaban J connectivity index is 1.01. The average Bonchev–Trinajstić information content (AvgIpc) is 3.97. The monoisotopic (exact) mass is 1050 g/mol. The van der Waals surface area contributed by atoms with Crippen molar-refractivity contribution in [3.05, 3.63) is 291 Å². The zero-order valence-corrected chi connectivity index (χ0v) is 44.7. The van der Waals surface area contributed by atoms with Crippen LogP contribution in [0.25, 0.3) is 118 Å². The molecule has 0 aliphatic rings. The summed E-state index contributed by atoms with van der Waals surface area (Å²) in [5.41, 5.74) is 13.6. The topological polar surface area (TPSA) is 16.3 Å². The van der Waals surface area contributed by atoms with Gasteiger partial charge in [-0.3, -0.25) is 0 Å². The lowest BCUT2D eigenvalue weighted by Gasteiger charge is -2.25. The molecular formula is C76H48N4S. The van der Waals surface area contributed by atoms with Gasteiger partial charge in [0.25, 0.3) is 0 Å². The van der Waals surface area contributed by atoms with Crippen molar-refractivity contribution in [3.8, 4) is 11.4 Å². The minimum atomic E-state index is 1.10. The van der Waals surface area contributed by atoms with Gasteiger partial charge in [0.05, 0.1) is 33.4 Å². The number of nitrogens with zero attached hydrogens (tertiary/aromatic N) is 4. The van der Waals surface area contributed by atoms with Crippen molar-refractivity contribution in [2.24, 2.45) is 0 Å². The molecule has 3 aromatic heterocycles. The molecule has 3 heterocycles. The maximum absolute atomic E-state index is 2.54. The van der Waals surface area contributed by atoms with E-state index in [0.717, 1.165) is 45.2 Å². The number of thiophene rings is 1. The molecule has 17 rings (SSSR count). The Morgan fingerprint density at radius 1 is 0.222 bits per heavy atom. The van der Waals surface area contributed by atoms with Gasteiger partial charge >= 0.3 is 0 Å². The minimum absolute atomic E-state index is 1.10. The van der Waals surface area contributed by atoms with E-state index >= 15 is 0 Å². The van der Waals surface area contributed by atoms with Crippen LogP contribution in [0.4, 0.5) is 34.1 Å². The zero-order chi connectivity index (χ0) is 53.1. The number of benzene rings is 14. The SMILES string of the molecule is c1ccc(N(c2ccccc2)c2ccc3c(c2)c2c4sc5c(ccc6c5c5cc(N(c7ccccc7)c7ccccc7)ccc5n6-c5cc6ccccc6c6ccccc56)c4ccc2n3-c2cc3ccccc3c3ccccc23)cc1. The third-order valence-electron chi connectivity index (χ3n) is 16.8. The first kappa shape index (κ1) is 45.5. The van der Waals surface area contributed by atoms with Gasteiger partial charge in [-0.2, -0.15) is 0 Å². The Kier molecular flexibility index (Phi) is 10.1. The highest BCUT2D eigenvalue weighted by Crippen LogP contribution is 2.51. The number of para-hydroxylation sites is 4. The van der Waals surface area contributed by atoms with Gasteiger partial charge in [-0.25, -0.2) is 0 Å². The van der Waals surface area contributed by atoms with Crippen molar-refractivity contribution in [2.45, 2.75) is 0 Å². The summed E-state index contributed by atoms with van der Waals surface area (Å²) in [5, 5.41) is 17.3. The standard InChI is InChI=1S/C76H48N4S/c1-5-23-51(24-6-1)77(52-25-7-2-8-26-52)55-37-41-67-65(47-55)73-69(79(67)71-45-49-21-13-15-31-57(49)59-33-17-19-35-61(59)71)43-39-63-64-40-44-70-74(76(64)81-75(63)73)66-48-56(78(53-27-9-3-10-28-53)54-29-11-4-12-30-54)38-42-68(66)80(70)72-46-50-22-14-16-32-58(50)60-34-18-20-36-62(60)72/h1-48H. The molecule has 0 radical (unpaired) electrons. The zero-order valence-electron chi connectivity index (χ0n) is 43.9.